The van der Waals surface area contributed by atoms with Crippen molar-refractivity contribution < 1.29 is 4.74 Å². The highest BCUT2D eigenvalue weighted by Gasteiger charge is 2.20. The quantitative estimate of drug-likeness (QED) is 0.866. The van der Waals surface area contributed by atoms with Gasteiger partial charge in [-0.2, -0.15) is 0 Å². The largest absolute Gasteiger partial charge is 0.481 e. The third-order valence-electron chi connectivity index (χ3n) is 3.28. The van der Waals surface area contributed by atoms with Crippen molar-refractivity contribution in [3.8, 4) is 5.88 Å². The van der Waals surface area contributed by atoms with Crippen LogP contribution >= 0.6 is 0 Å². The van der Waals surface area contributed by atoms with Gasteiger partial charge in [0.05, 0.1) is 12.8 Å². The first-order valence-corrected chi connectivity index (χ1v) is 6.86. The number of pyridine rings is 1. The molecule has 0 aliphatic heterocycles. The second-order valence-electron chi connectivity index (χ2n) is 5.00. The van der Waals surface area contributed by atoms with Crippen LogP contribution in [-0.4, -0.2) is 28.1 Å². The smallest absolute Gasteiger partial charge is 0.212 e. The van der Waals surface area contributed by atoms with Crippen LogP contribution < -0.4 is 10.1 Å². The van der Waals surface area contributed by atoms with Crippen molar-refractivity contribution in [3.63, 3.8) is 0 Å². The lowest BCUT2D eigenvalue weighted by atomic mass is 10.2. The number of rotatable bonds is 6. The molecule has 2 aromatic rings. The summed E-state index contributed by atoms with van der Waals surface area (Å²) in [5.74, 6) is 1.45. The van der Waals surface area contributed by atoms with Gasteiger partial charge in [-0.05, 0) is 24.5 Å². The van der Waals surface area contributed by atoms with Crippen LogP contribution in [0, 0.1) is 0 Å². The lowest BCUT2D eigenvalue weighted by Crippen LogP contribution is -2.16. The summed E-state index contributed by atoms with van der Waals surface area (Å²) in [6.07, 6.45) is 6.89. The Morgan fingerprint density at radius 1 is 1.25 bits per heavy atom. The van der Waals surface area contributed by atoms with Gasteiger partial charge in [-0.25, -0.2) is 15.0 Å². The summed E-state index contributed by atoms with van der Waals surface area (Å²) >= 11 is 0. The van der Waals surface area contributed by atoms with E-state index in [1.807, 2.05) is 24.4 Å². The Hall–Kier alpha value is -2.01. The van der Waals surface area contributed by atoms with E-state index in [-0.39, 0.29) is 0 Å². The first-order chi connectivity index (χ1) is 9.83. The maximum absolute atomic E-state index is 5.05. The minimum absolute atomic E-state index is 0.622. The second-order valence-corrected chi connectivity index (χ2v) is 5.00. The van der Waals surface area contributed by atoms with Gasteiger partial charge in [-0.15, -0.1) is 0 Å². The van der Waals surface area contributed by atoms with Crippen molar-refractivity contribution in [2.24, 2.45) is 0 Å². The Kier molecular flexibility index (Phi) is 3.87. The van der Waals surface area contributed by atoms with Crippen molar-refractivity contribution in [1.29, 1.82) is 0 Å². The zero-order valence-corrected chi connectivity index (χ0v) is 11.5. The van der Waals surface area contributed by atoms with E-state index in [0.717, 1.165) is 23.6 Å². The lowest BCUT2D eigenvalue weighted by Gasteiger charge is -2.05. The van der Waals surface area contributed by atoms with Gasteiger partial charge < -0.3 is 10.1 Å². The predicted octanol–water partition coefficient (Wildman–Crippen LogP) is 1.72. The fourth-order valence-electron chi connectivity index (χ4n) is 1.98. The molecule has 0 atom stereocenters. The van der Waals surface area contributed by atoms with Crippen molar-refractivity contribution in [2.45, 2.75) is 31.8 Å². The van der Waals surface area contributed by atoms with Gasteiger partial charge in [-0.3, -0.25) is 0 Å². The Bertz CT molecular complexity index is 566. The molecule has 1 aliphatic carbocycles. The molecule has 3 rings (SSSR count). The molecule has 2 aromatic heterocycles. The first kappa shape index (κ1) is 13.0. The van der Waals surface area contributed by atoms with E-state index in [1.165, 1.54) is 12.8 Å². The molecule has 1 N–H and O–H groups in total. The van der Waals surface area contributed by atoms with Gasteiger partial charge in [-0.1, -0.05) is 6.07 Å². The van der Waals surface area contributed by atoms with Crippen LogP contribution in [0.15, 0.2) is 30.6 Å². The molecule has 0 unspecified atom stereocenters. The van der Waals surface area contributed by atoms with Gasteiger partial charge in [0.2, 0.25) is 5.88 Å². The molecular formula is C15H18N4O. The van der Waals surface area contributed by atoms with Crippen LogP contribution in [0.3, 0.4) is 0 Å². The first-order valence-electron chi connectivity index (χ1n) is 6.86. The molecule has 1 aliphatic rings. The molecule has 2 heterocycles. The molecule has 0 spiro atoms. The van der Waals surface area contributed by atoms with Crippen LogP contribution in [-0.2, 0) is 13.0 Å². The van der Waals surface area contributed by atoms with E-state index < -0.39 is 0 Å². The maximum atomic E-state index is 5.05. The van der Waals surface area contributed by atoms with E-state index in [0.29, 0.717) is 18.3 Å². The number of hydrogen-bond acceptors (Lipinski definition) is 5. The summed E-state index contributed by atoms with van der Waals surface area (Å²) < 4.78 is 5.05. The lowest BCUT2D eigenvalue weighted by molar-refractivity contribution is 0.397. The van der Waals surface area contributed by atoms with Gasteiger partial charge in [0.25, 0.3) is 0 Å². The summed E-state index contributed by atoms with van der Waals surface area (Å²) in [6.45, 7) is 0.820. The van der Waals surface area contributed by atoms with Crippen LogP contribution in [0.5, 0.6) is 5.88 Å². The molecular weight excluding hydrogens is 252 g/mol. The van der Waals surface area contributed by atoms with E-state index >= 15 is 0 Å². The number of methoxy groups -OCH3 is 1. The molecule has 0 saturated heterocycles. The SMILES string of the molecule is COc1ccc(Cc2nccc(CNC3CC3)n2)cn1. The van der Waals surface area contributed by atoms with Gasteiger partial charge in [0.1, 0.15) is 5.82 Å². The molecule has 1 saturated carbocycles. The van der Waals surface area contributed by atoms with Gasteiger partial charge >= 0.3 is 0 Å². The zero-order chi connectivity index (χ0) is 13.8. The average Bonchev–Trinajstić information content (AvgIpc) is 3.31. The predicted molar refractivity (Wildman–Crippen MR) is 75.5 cm³/mol. The molecule has 0 bridgehead atoms. The highest BCUT2D eigenvalue weighted by Crippen LogP contribution is 2.19. The number of nitrogens with one attached hydrogen (secondary N) is 1. The molecule has 0 radical (unpaired) electrons. The van der Waals surface area contributed by atoms with E-state index in [1.54, 1.807) is 13.3 Å². The summed E-state index contributed by atoms with van der Waals surface area (Å²) in [5, 5.41) is 3.46. The van der Waals surface area contributed by atoms with Crippen LogP contribution in [0.4, 0.5) is 0 Å². The molecule has 0 aromatic carbocycles. The number of nitrogens with zero attached hydrogens (tertiary/aromatic N) is 3. The number of aromatic nitrogens is 3. The molecule has 0 amide bonds. The third-order valence-corrected chi connectivity index (χ3v) is 3.28. The van der Waals surface area contributed by atoms with Crippen LogP contribution in [0.25, 0.3) is 0 Å². The fourth-order valence-corrected chi connectivity index (χ4v) is 1.98. The van der Waals surface area contributed by atoms with Crippen molar-refractivity contribution in [2.75, 3.05) is 7.11 Å². The highest BCUT2D eigenvalue weighted by atomic mass is 16.5. The van der Waals surface area contributed by atoms with E-state index in [4.69, 9.17) is 4.74 Å². The van der Waals surface area contributed by atoms with E-state index in [9.17, 15) is 0 Å². The molecule has 20 heavy (non-hydrogen) atoms. The second kappa shape index (κ2) is 5.96. The summed E-state index contributed by atoms with van der Waals surface area (Å²) in [7, 11) is 1.61. The molecule has 5 nitrogen and oxygen atoms in total. The van der Waals surface area contributed by atoms with Crippen molar-refractivity contribution >= 4 is 0 Å². The van der Waals surface area contributed by atoms with Gasteiger partial charge in [0.15, 0.2) is 0 Å². The maximum Gasteiger partial charge on any atom is 0.212 e. The standard InChI is InChI=1S/C15H18N4O/c1-20-15-5-2-11(9-18-15)8-14-16-7-6-13(19-14)10-17-12-3-4-12/h2,5-7,9,12,17H,3-4,8,10H2,1H3. The Morgan fingerprint density at radius 3 is 2.85 bits per heavy atom. The summed E-state index contributed by atoms with van der Waals surface area (Å²) in [6, 6.07) is 6.50. The van der Waals surface area contributed by atoms with Gasteiger partial charge in [0, 0.05) is 37.5 Å². The molecule has 1 fully saturated rings. The Balaban J connectivity index is 1.64. The molecule has 104 valence electrons. The van der Waals surface area contributed by atoms with Crippen LogP contribution in [0.1, 0.15) is 29.9 Å². The topological polar surface area (TPSA) is 59.9 Å². The highest BCUT2D eigenvalue weighted by molar-refractivity contribution is 5.21. The van der Waals surface area contributed by atoms with E-state index in [2.05, 4.69) is 20.3 Å². The van der Waals surface area contributed by atoms with Crippen molar-refractivity contribution in [1.82, 2.24) is 20.3 Å². The minimum Gasteiger partial charge on any atom is -0.481 e. The minimum atomic E-state index is 0.622. The number of hydrogen-bond donors (Lipinski definition) is 1. The normalized spacial score (nSPS) is 14.2. The van der Waals surface area contributed by atoms with Crippen LogP contribution in [0.2, 0.25) is 0 Å². The summed E-state index contributed by atoms with van der Waals surface area (Å²) in [5.41, 5.74) is 2.13. The van der Waals surface area contributed by atoms with Crippen molar-refractivity contribution in [3.05, 3.63) is 47.7 Å². The monoisotopic (exact) mass is 270 g/mol. The Morgan fingerprint density at radius 2 is 2.15 bits per heavy atom. The molecule has 5 heteroatoms. The number of ether oxygens (including phenoxy) is 1. The average molecular weight is 270 g/mol. The Labute approximate surface area is 118 Å². The summed E-state index contributed by atoms with van der Waals surface area (Å²) in [4.78, 5) is 13.1. The third kappa shape index (κ3) is 3.51. The fraction of sp³-hybridized carbons (Fsp3) is 0.400. The zero-order valence-electron chi connectivity index (χ0n) is 11.5.